The molecule has 3 heterocycles. The number of aryl methyl sites for hydroxylation is 3. The van der Waals surface area contributed by atoms with Crippen molar-refractivity contribution in [3.05, 3.63) is 71.4 Å². The van der Waals surface area contributed by atoms with E-state index in [-0.39, 0.29) is 0 Å². The van der Waals surface area contributed by atoms with Crippen LogP contribution in [0.2, 0.25) is 0 Å². The predicted molar refractivity (Wildman–Crippen MR) is 135 cm³/mol. The fraction of sp³-hybridized carbons (Fsp3) is 0.300. The summed E-state index contributed by atoms with van der Waals surface area (Å²) in [6.45, 7) is 4.56. The lowest BCUT2D eigenvalue weighted by molar-refractivity contribution is -0.643. The summed E-state index contributed by atoms with van der Waals surface area (Å²) in [7, 11) is 2.21. The molecule has 3 aromatic carbocycles. The van der Waals surface area contributed by atoms with Crippen molar-refractivity contribution in [2.75, 3.05) is 0 Å². The van der Waals surface area contributed by atoms with Gasteiger partial charge >= 0.3 is 0 Å². The Balaban J connectivity index is 1.80. The molecule has 3 aromatic heterocycles. The van der Waals surface area contributed by atoms with Crippen LogP contribution in [0.25, 0.3) is 49.0 Å². The second-order valence-corrected chi connectivity index (χ2v) is 10.1. The Kier molecular flexibility index (Phi) is 3.72. The third-order valence-electron chi connectivity index (χ3n) is 8.13. The predicted octanol–water partition coefficient (Wildman–Crippen LogP) is 7.48. The highest BCUT2D eigenvalue weighted by molar-refractivity contribution is 6.26. The first-order valence-corrected chi connectivity index (χ1v) is 12.1. The van der Waals surface area contributed by atoms with Gasteiger partial charge in [0.05, 0.1) is 27.3 Å². The summed E-state index contributed by atoms with van der Waals surface area (Å²) in [5, 5.41) is 6.96. The van der Waals surface area contributed by atoms with Crippen molar-refractivity contribution in [2.24, 2.45) is 7.05 Å². The molecule has 6 aromatic rings. The van der Waals surface area contributed by atoms with Crippen LogP contribution in [0.15, 0.2) is 54.7 Å². The largest absolute Gasteiger partial charge is 0.307 e. The van der Waals surface area contributed by atoms with E-state index in [4.69, 9.17) is 0 Å². The Morgan fingerprint density at radius 1 is 0.812 bits per heavy atom. The first-order chi connectivity index (χ1) is 15.6. The normalized spacial score (nSPS) is 15.8. The van der Waals surface area contributed by atoms with Gasteiger partial charge in [0.25, 0.3) is 0 Å². The molecule has 32 heavy (non-hydrogen) atoms. The summed E-state index contributed by atoms with van der Waals surface area (Å²) in [5.41, 5.74) is 9.73. The summed E-state index contributed by atoms with van der Waals surface area (Å²) in [5.74, 6) is 0.694. The zero-order chi connectivity index (χ0) is 21.6. The molecule has 2 heteroatoms. The van der Waals surface area contributed by atoms with E-state index in [1.807, 2.05) is 0 Å². The molecule has 158 valence electrons. The van der Waals surface area contributed by atoms with E-state index in [1.165, 1.54) is 97.8 Å². The van der Waals surface area contributed by atoms with Gasteiger partial charge in [-0.3, -0.25) is 0 Å². The standard InChI is InChI=1S/C30H29N2/c1-18-15-19(2)27-29-28-21(13-14-31(29)3)16-22(20-9-5-4-6-10-20)17-25(28)32-24-12-8-7-11-23(24)26(18)30(27)32/h7-8,11-17,20H,4-6,9-10H2,1-3H3/q+1. The average molecular weight is 418 g/mol. The second kappa shape index (κ2) is 6.45. The van der Waals surface area contributed by atoms with Gasteiger partial charge in [-0.25, -0.2) is 4.57 Å². The molecule has 0 bridgehead atoms. The number of aromatic nitrogens is 2. The molecular formula is C30H29N2+. The van der Waals surface area contributed by atoms with Crippen molar-refractivity contribution < 1.29 is 4.57 Å². The van der Waals surface area contributed by atoms with Gasteiger partial charge < -0.3 is 4.40 Å². The number of fused-ring (bicyclic) bond motifs is 5. The third-order valence-corrected chi connectivity index (χ3v) is 8.13. The lowest BCUT2D eigenvalue weighted by Crippen LogP contribution is -2.29. The Morgan fingerprint density at radius 2 is 1.59 bits per heavy atom. The minimum atomic E-state index is 0.694. The molecule has 0 atom stereocenters. The Labute approximate surface area is 188 Å². The summed E-state index contributed by atoms with van der Waals surface area (Å²) in [4.78, 5) is 0. The highest BCUT2D eigenvalue weighted by atomic mass is 15.0. The number of nitrogens with zero attached hydrogens (tertiary/aromatic N) is 2. The first kappa shape index (κ1) is 18.4. The van der Waals surface area contributed by atoms with Crippen LogP contribution in [0.4, 0.5) is 0 Å². The van der Waals surface area contributed by atoms with Gasteiger partial charge in [0.2, 0.25) is 5.52 Å². The summed E-state index contributed by atoms with van der Waals surface area (Å²) in [6.07, 6.45) is 9.04. The van der Waals surface area contributed by atoms with E-state index in [1.54, 1.807) is 0 Å². The number of para-hydroxylation sites is 1. The minimum Gasteiger partial charge on any atom is -0.307 e. The highest BCUT2D eigenvalue weighted by Crippen LogP contribution is 2.43. The number of hydrogen-bond acceptors (Lipinski definition) is 0. The Hall–Kier alpha value is -3.13. The van der Waals surface area contributed by atoms with Crippen molar-refractivity contribution >= 4 is 49.0 Å². The maximum absolute atomic E-state index is 2.58. The van der Waals surface area contributed by atoms with Crippen LogP contribution < -0.4 is 4.57 Å². The number of benzene rings is 3. The zero-order valence-electron chi connectivity index (χ0n) is 19.2. The van der Waals surface area contributed by atoms with Crippen LogP contribution in [0.3, 0.4) is 0 Å². The van der Waals surface area contributed by atoms with Gasteiger partial charge in [0.15, 0.2) is 6.20 Å². The molecule has 0 amide bonds. The Morgan fingerprint density at radius 3 is 2.44 bits per heavy atom. The molecule has 0 radical (unpaired) electrons. The van der Waals surface area contributed by atoms with Gasteiger partial charge in [0.1, 0.15) is 7.05 Å². The number of hydrogen-bond donors (Lipinski definition) is 0. The monoisotopic (exact) mass is 417 g/mol. The highest BCUT2D eigenvalue weighted by Gasteiger charge is 2.26. The number of pyridine rings is 2. The van der Waals surface area contributed by atoms with Crippen molar-refractivity contribution in [1.82, 2.24) is 4.40 Å². The smallest absolute Gasteiger partial charge is 0.224 e. The van der Waals surface area contributed by atoms with E-state index in [9.17, 15) is 0 Å². The molecule has 0 aliphatic heterocycles. The second-order valence-electron chi connectivity index (χ2n) is 10.1. The van der Waals surface area contributed by atoms with Crippen LogP contribution in [-0.2, 0) is 7.05 Å². The molecule has 1 aliphatic rings. The number of rotatable bonds is 1. The van der Waals surface area contributed by atoms with Crippen LogP contribution >= 0.6 is 0 Å². The van der Waals surface area contributed by atoms with E-state index < -0.39 is 0 Å². The van der Waals surface area contributed by atoms with Gasteiger partial charge in [-0.2, -0.15) is 0 Å². The molecule has 1 saturated carbocycles. The lowest BCUT2D eigenvalue weighted by atomic mass is 9.83. The molecular weight excluding hydrogens is 388 g/mol. The average Bonchev–Trinajstić information content (AvgIpc) is 3.16. The van der Waals surface area contributed by atoms with E-state index >= 15 is 0 Å². The van der Waals surface area contributed by atoms with Crippen LogP contribution in [0.5, 0.6) is 0 Å². The van der Waals surface area contributed by atoms with Gasteiger partial charge in [-0.1, -0.05) is 49.6 Å². The quantitative estimate of drug-likeness (QED) is 0.149. The molecule has 0 saturated heterocycles. The molecule has 0 spiro atoms. The van der Waals surface area contributed by atoms with Crippen molar-refractivity contribution in [3.63, 3.8) is 0 Å². The van der Waals surface area contributed by atoms with Crippen molar-refractivity contribution in [2.45, 2.75) is 51.9 Å². The van der Waals surface area contributed by atoms with E-state index in [0.717, 1.165) is 0 Å². The van der Waals surface area contributed by atoms with Gasteiger partial charge in [-0.15, -0.1) is 0 Å². The molecule has 1 aliphatic carbocycles. The van der Waals surface area contributed by atoms with E-state index in [0.29, 0.717) is 5.92 Å². The van der Waals surface area contributed by atoms with Gasteiger partial charge in [0, 0.05) is 16.8 Å². The SMILES string of the molecule is Cc1cc(C)c2c3c1c1ccccc1n3c1cc(C3CCCCC3)cc3cc[n+](C)c2c31. The van der Waals surface area contributed by atoms with Crippen molar-refractivity contribution in [3.8, 4) is 0 Å². The first-order valence-electron chi connectivity index (χ1n) is 12.1. The zero-order valence-corrected chi connectivity index (χ0v) is 19.2. The fourth-order valence-electron chi connectivity index (χ4n) is 6.73. The van der Waals surface area contributed by atoms with Gasteiger partial charge in [-0.05, 0) is 66.8 Å². The maximum Gasteiger partial charge on any atom is 0.224 e. The molecule has 7 rings (SSSR count). The molecule has 0 N–H and O–H groups in total. The van der Waals surface area contributed by atoms with Crippen LogP contribution in [0.1, 0.15) is 54.7 Å². The third kappa shape index (κ3) is 2.28. The summed E-state index contributed by atoms with van der Waals surface area (Å²) >= 11 is 0. The minimum absolute atomic E-state index is 0.694. The van der Waals surface area contributed by atoms with Crippen LogP contribution in [0, 0.1) is 13.8 Å². The Bertz CT molecular complexity index is 1680. The fourth-order valence-corrected chi connectivity index (χ4v) is 6.73. The lowest BCUT2D eigenvalue weighted by Gasteiger charge is -2.23. The maximum atomic E-state index is 2.58. The van der Waals surface area contributed by atoms with Crippen molar-refractivity contribution in [1.29, 1.82) is 0 Å². The summed E-state index contributed by atoms with van der Waals surface area (Å²) in [6, 6.07) is 18.7. The topological polar surface area (TPSA) is 8.29 Å². The molecule has 0 unspecified atom stereocenters. The molecule has 1 fully saturated rings. The molecule has 2 nitrogen and oxygen atoms in total. The van der Waals surface area contributed by atoms with Crippen LogP contribution in [-0.4, -0.2) is 4.40 Å². The van der Waals surface area contributed by atoms with E-state index in [2.05, 4.69) is 84.6 Å². The summed E-state index contributed by atoms with van der Waals surface area (Å²) < 4.78 is 4.92.